The van der Waals surface area contributed by atoms with Crippen LogP contribution in [0, 0.1) is 5.92 Å². The van der Waals surface area contributed by atoms with E-state index < -0.39 is 0 Å². The largest absolute Gasteiger partial charge is 0.354 e. The summed E-state index contributed by atoms with van der Waals surface area (Å²) in [6, 6.07) is 8.52. The summed E-state index contributed by atoms with van der Waals surface area (Å²) in [4.78, 5) is 11.9. The number of unbranched alkanes of at least 4 members (excludes halogenated alkanes) is 1. The number of hydrogen-bond acceptors (Lipinski definition) is 2. The summed E-state index contributed by atoms with van der Waals surface area (Å²) in [6.07, 6.45) is 6.45. The van der Waals surface area contributed by atoms with E-state index in [1.54, 1.807) is 0 Å². The third-order valence-electron chi connectivity index (χ3n) is 3.97. The van der Waals surface area contributed by atoms with Crippen molar-refractivity contribution in [1.29, 1.82) is 0 Å². The Morgan fingerprint density at radius 1 is 1.30 bits per heavy atom. The summed E-state index contributed by atoms with van der Waals surface area (Å²) >= 11 is 0. The van der Waals surface area contributed by atoms with E-state index >= 15 is 0 Å². The Morgan fingerprint density at radius 2 is 1.95 bits per heavy atom. The molecule has 3 nitrogen and oxygen atoms in total. The topological polar surface area (TPSA) is 55.1 Å². The molecule has 1 aromatic rings. The van der Waals surface area contributed by atoms with Gasteiger partial charge in [0.15, 0.2) is 0 Å². The summed E-state index contributed by atoms with van der Waals surface area (Å²) in [5, 5.41) is 2.94. The summed E-state index contributed by atoms with van der Waals surface area (Å²) in [5.41, 5.74) is 8.40. The minimum atomic E-state index is 0.0717. The van der Waals surface area contributed by atoms with Gasteiger partial charge in [0.05, 0.1) is 6.42 Å². The maximum atomic E-state index is 11.9. The first-order chi connectivity index (χ1) is 9.69. The maximum Gasteiger partial charge on any atom is 0.224 e. The van der Waals surface area contributed by atoms with Crippen LogP contribution in [0.4, 0.5) is 0 Å². The zero-order valence-electron chi connectivity index (χ0n) is 12.4. The summed E-state index contributed by atoms with van der Waals surface area (Å²) in [7, 11) is 0. The van der Waals surface area contributed by atoms with Crippen LogP contribution in [0.2, 0.25) is 0 Å². The molecule has 0 saturated heterocycles. The molecule has 3 N–H and O–H groups in total. The number of amides is 1. The summed E-state index contributed by atoms with van der Waals surface area (Å²) < 4.78 is 0. The zero-order valence-corrected chi connectivity index (χ0v) is 12.4. The molecule has 1 aromatic carbocycles. The second-order valence-corrected chi connectivity index (χ2v) is 5.90. The van der Waals surface area contributed by atoms with Crippen LogP contribution < -0.4 is 11.1 Å². The average molecular weight is 274 g/mol. The van der Waals surface area contributed by atoms with Crippen LogP contribution in [-0.2, 0) is 17.6 Å². The van der Waals surface area contributed by atoms with E-state index in [9.17, 15) is 4.79 Å². The van der Waals surface area contributed by atoms with E-state index in [1.807, 2.05) is 0 Å². The number of carbonyl (C=O) groups excluding carboxylic acids is 1. The molecule has 0 aromatic heterocycles. The summed E-state index contributed by atoms with van der Waals surface area (Å²) in [6.45, 7) is 2.81. The molecule has 0 bridgehead atoms. The van der Waals surface area contributed by atoms with Gasteiger partial charge in [-0.2, -0.15) is 0 Å². The Morgan fingerprint density at radius 3 is 2.55 bits per heavy atom. The Balaban J connectivity index is 1.72. The molecule has 2 rings (SSSR count). The number of carbonyl (C=O) groups is 1. The van der Waals surface area contributed by atoms with E-state index in [1.165, 1.54) is 31.2 Å². The van der Waals surface area contributed by atoms with Gasteiger partial charge in [-0.1, -0.05) is 37.6 Å². The normalized spacial score (nSPS) is 15.9. The lowest BCUT2D eigenvalue weighted by molar-refractivity contribution is -0.120. The highest BCUT2D eigenvalue weighted by atomic mass is 16.1. The van der Waals surface area contributed by atoms with Gasteiger partial charge in [0.1, 0.15) is 0 Å². The van der Waals surface area contributed by atoms with Crippen molar-refractivity contribution in [1.82, 2.24) is 5.32 Å². The smallest absolute Gasteiger partial charge is 0.224 e. The standard InChI is InChI=1S/C17H26N2O/c1-2-3-4-13-5-7-14(8-6-13)11-17(20)19-12-16(18)15-9-10-15/h5-8,15-16H,2-4,9-12,18H2,1H3,(H,19,20). The number of nitrogens with one attached hydrogen (secondary N) is 1. The predicted molar refractivity (Wildman–Crippen MR) is 82.5 cm³/mol. The van der Waals surface area contributed by atoms with Crippen molar-refractivity contribution in [3.05, 3.63) is 35.4 Å². The van der Waals surface area contributed by atoms with Crippen LogP contribution in [0.1, 0.15) is 43.7 Å². The Bertz CT molecular complexity index is 423. The van der Waals surface area contributed by atoms with Crippen molar-refractivity contribution >= 4 is 5.91 Å². The van der Waals surface area contributed by atoms with E-state index in [0.717, 1.165) is 12.0 Å². The molecule has 1 amide bonds. The van der Waals surface area contributed by atoms with Crippen LogP contribution in [0.25, 0.3) is 0 Å². The molecule has 3 heteroatoms. The van der Waals surface area contributed by atoms with Gasteiger partial charge >= 0.3 is 0 Å². The number of nitrogens with two attached hydrogens (primary N) is 1. The predicted octanol–water partition coefficient (Wildman–Crippen LogP) is 2.43. The van der Waals surface area contributed by atoms with Gasteiger partial charge < -0.3 is 11.1 Å². The van der Waals surface area contributed by atoms with E-state index in [0.29, 0.717) is 18.9 Å². The fourth-order valence-electron chi connectivity index (χ4n) is 2.38. The van der Waals surface area contributed by atoms with Gasteiger partial charge in [-0.05, 0) is 42.7 Å². The minimum Gasteiger partial charge on any atom is -0.354 e. The SMILES string of the molecule is CCCCc1ccc(CC(=O)NCC(N)C2CC2)cc1. The zero-order chi connectivity index (χ0) is 14.4. The molecule has 110 valence electrons. The van der Waals surface area contributed by atoms with E-state index in [-0.39, 0.29) is 11.9 Å². The molecular formula is C17H26N2O. The Kier molecular flexibility index (Phi) is 5.60. The quantitative estimate of drug-likeness (QED) is 0.765. The highest BCUT2D eigenvalue weighted by Gasteiger charge is 2.28. The average Bonchev–Trinajstić information content (AvgIpc) is 3.28. The van der Waals surface area contributed by atoms with Gasteiger partial charge in [0.2, 0.25) is 5.91 Å². The van der Waals surface area contributed by atoms with Crippen LogP contribution in [0.15, 0.2) is 24.3 Å². The van der Waals surface area contributed by atoms with Gasteiger partial charge in [0, 0.05) is 12.6 Å². The second-order valence-electron chi connectivity index (χ2n) is 5.90. The summed E-state index contributed by atoms with van der Waals surface area (Å²) in [5.74, 6) is 0.704. The molecule has 0 heterocycles. The number of hydrogen-bond donors (Lipinski definition) is 2. The third kappa shape index (κ3) is 4.97. The van der Waals surface area contributed by atoms with Crippen molar-refractivity contribution in [3.63, 3.8) is 0 Å². The molecular weight excluding hydrogens is 248 g/mol. The molecule has 0 spiro atoms. The molecule has 0 aliphatic heterocycles. The maximum absolute atomic E-state index is 11.9. The van der Waals surface area contributed by atoms with Crippen LogP contribution in [-0.4, -0.2) is 18.5 Å². The minimum absolute atomic E-state index is 0.0717. The first-order valence-electron chi connectivity index (χ1n) is 7.79. The molecule has 1 saturated carbocycles. The van der Waals surface area contributed by atoms with Crippen molar-refractivity contribution in [2.75, 3.05) is 6.54 Å². The molecule has 0 radical (unpaired) electrons. The van der Waals surface area contributed by atoms with Gasteiger partial charge in [0.25, 0.3) is 0 Å². The second kappa shape index (κ2) is 7.44. The molecule has 1 unspecified atom stereocenters. The Labute approximate surface area is 121 Å². The monoisotopic (exact) mass is 274 g/mol. The van der Waals surface area contributed by atoms with Crippen molar-refractivity contribution in [2.45, 2.75) is 51.5 Å². The first kappa shape index (κ1) is 15.0. The molecule has 20 heavy (non-hydrogen) atoms. The first-order valence-corrected chi connectivity index (χ1v) is 7.79. The van der Waals surface area contributed by atoms with Crippen molar-refractivity contribution < 1.29 is 4.79 Å². The van der Waals surface area contributed by atoms with Crippen LogP contribution in [0.3, 0.4) is 0 Å². The van der Waals surface area contributed by atoms with Gasteiger partial charge in [-0.15, -0.1) is 0 Å². The fraction of sp³-hybridized carbons (Fsp3) is 0.588. The van der Waals surface area contributed by atoms with E-state index in [2.05, 4.69) is 36.5 Å². The van der Waals surface area contributed by atoms with E-state index in [4.69, 9.17) is 5.73 Å². The number of aryl methyl sites for hydroxylation is 1. The fourth-order valence-corrected chi connectivity index (χ4v) is 2.38. The Hall–Kier alpha value is -1.35. The van der Waals surface area contributed by atoms with Crippen LogP contribution >= 0.6 is 0 Å². The highest BCUT2D eigenvalue weighted by Crippen LogP contribution is 2.31. The molecule has 1 aliphatic carbocycles. The number of rotatable bonds is 8. The molecule has 1 fully saturated rings. The van der Waals surface area contributed by atoms with Crippen molar-refractivity contribution in [2.24, 2.45) is 11.7 Å². The lowest BCUT2D eigenvalue weighted by Gasteiger charge is -2.11. The van der Waals surface area contributed by atoms with Crippen LogP contribution in [0.5, 0.6) is 0 Å². The lowest BCUT2D eigenvalue weighted by atomic mass is 10.0. The number of benzene rings is 1. The van der Waals surface area contributed by atoms with Gasteiger partial charge in [-0.25, -0.2) is 0 Å². The highest BCUT2D eigenvalue weighted by molar-refractivity contribution is 5.78. The molecule has 1 aliphatic rings. The van der Waals surface area contributed by atoms with Crippen molar-refractivity contribution in [3.8, 4) is 0 Å². The lowest BCUT2D eigenvalue weighted by Crippen LogP contribution is -2.39. The van der Waals surface area contributed by atoms with Gasteiger partial charge in [-0.3, -0.25) is 4.79 Å². The third-order valence-corrected chi connectivity index (χ3v) is 3.97. The molecule has 1 atom stereocenters.